The molecular formula is C12H14F2N2O3. The fraction of sp³-hybridized carbons (Fsp3) is 0.333. The standard InChI is InChI=1S/C12H14F2N2O3/c1-2-19-11(17)7-16-12(18)15-6-8-3-4-9(13)5-10(8)14/h3-5H,2,6-7H2,1H3,(H2,15,16,18). The minimum absolute atomic E-state index is 0.110. The van der Waals surface area contributed by atoms with Crippen molar-refractivity contribution in [1.29, 1.82) is 0 Å². The number of urea groups is 1. The van der Waals surface area contributed by atoms with Gasteiger partial charge in [0.25, 0.3) is 0 Å². The van der Waals surface area contributed by atoms with Gasteiger partial charge in [0, 0.05) is 18.2 Å². The number of amides is 2. The molecule has 0 fully saturated rings. The first-order valence-electron chi connectivity index (χ1n) is 5.64. The van der Waals surface area contributed by atoms with Gasteiger partial charge < -0.3 is 15.4 Å². The third kappa shape index (κ3) is 5.33. The van der Waals surface area contributed by atoms with Gasteiger partial charge in [0.15, 0.2) is 0 Å². The van der Waals surface area contributed by atoms with Crippen molar-refractivity contribution in [3.05, 3.63) is 35.4 Å². The van der Waals surface area contributed by atoms with Gasteiger partial charge in [0.1, 0.15) is 18.2 Å². The molecule has 0 radical (unpaired) electrons. The SMILES string of the molecule is CCOC(=O)CNC(=O)NCc1ccc(F)cc1F. The van der Waals surface area contributed by atoms with E-state index in [1.165, 1.54) is 6.07 Å². The zero-order valence-corrected chi connectivity index (χ0v) is 10.3. The van der Waals surface area contributed by atoms with Crippen molar-refractivity contribution >= 4 is 12.0 Å². The quantitative estimate of drug-likeness (QED) is 0.795. The van der Waals surface area contributed by atoms with Gasteiger partial charge in [-0.15, -0.1) is 0 Å². The molecule has 1 aromatic carbocycles. The first-order valence-corrected chi connectivity index (χ1v) is 5.64. The largest absolute Gasteiger partial charge is 0.465 e. The summed E-state index contributed by atoms with van der Waals surface area (Å²) in [6.45, 7) is 1.49. The Morgan fingerprint density at radius 1 is 1.26 bits per heavy atom. The molecule has 0 aliphatic carbocycles. The van der Waals surface area contributed by atoms with Crippen molar-refractivity contribution in [1.82, 2.24) is 10.6 Å². The van der Waals surface area contributed by atoms with Crippen LogP contribution in [0.4, 0.5) is 13.6 Å². The predicted octanol–water partition coefficient (Wildman–Crippen LogP) is 1.33. The maximum absolute atomic E-state index is 13.2. The van der Waals surface area contributed by atoms with Crippen LogP contribution in [0.2, 0.25) is 0 Å². The highest BCUT2D eigenvalue weighted by atomic mass is 19.1. The molecule has 0 saturated carbocycles. The van der Waals surface area contributed by atoms with Gasteiger partial charge in [0.05, 0.1) is 6.61 Å². The molecule has 0 spiro atoms. The zero-order valence-electron chi connectivity index (χ0n) is 10.3. The van der Waals surface area contributed by atoms with E-state index in [1.807, 2.05) is 0 Å². The highest BCUT2D eigenvalue weighted by molar-refractivity contribution is 5.80. The number of benzene rings is 1. The fourth-order valence-corrected chi connectivity index (χ4v) is 1.27. The summed E-state index contributed by atoms with van der Waals surface area (Å²) >= 11 is 0. The summed E-state index contributed by atoms with van der Waals surface area (Å²) in [6, 6.07) is 2.41. The molecule has 0 atom stereocenters. The van der Waals surface area contributed by atoms with Crippen LogP contribution in [-0.2, 0) is 16.1 Å². The van der Waals surface area contributed by atoms with Gasteiger partial charge in [-0.25, -0.2) is 13.6 Å². The van der Waals surface area contributed by atoms with Crippen LogP contribution in [-0.4, -0.2) is 25.2 Å². The van der Waals surface area contributed by atoms with Gasteiger partial charge in [-0.2, -0.15) is 0 Å². The minimum atomic E-state index is -0.745. The molecular weight excluding hydrogens is 258 g/mol. The maximum Gasteiger partial charge on any atom is 0.325 e. The lowest BCUT2D eigenvalue weighted by atomic mass is 10.2. The number of esters is 1. The summed E-state index contributed by atoms with van der Waals surface area (Å²) in [6.07, 6.45) is 0. The minimum Gasteiger partial charge on any atom is -0.465 e. The highest BCUT2D eigenvalue weighted by Gasteiger charge is 2.07. The molecule has 0 heterocycles. The summed E-state index contributed by atoms with van der Waals surface area (Å²) in [5, 5.41) is 4.58. The number of rotatable bonds is 5. The Bertz CT molecular complexity index is 466. The van der Waals surface area contributed by atoms with Crippen LogP contribution < -0.4 is 10.6 Å². The average molecular weight is 272 g/mol. The normalized spacial score (nSPS) is 9.84. The maximum atomic E-state index is 13.2. The average Bonchev–Trinajstić information content (AvgIpc) is 2.35. The molecule has 104 valence electrons. The highest BCUT2D eigenvalue weighted by Crippen LogP contribution is 2.08. The second-order valence-electron chi connectivity index (χ2n) is 3.58. The first-order chi connectivity index (χ1) is 9.02. The number of hydrogen-bond donors (Lipinski definition) is 2. The number of carbonyl (C=O) groups excluding carboxylic acids is 2. The van der Waals surface area contributed by atoms with E-state index in [0.29, 0.717) is 0 Å². The fourth-order valence-electron chi connectivity index (χ4n) is 1.27. The van der Waals surface area contributed by atoms with Crippen LogP contribution in [0.25, 0.3) is 0 Å². The lowest BCUT2D eigenvalue weighted by Crippen LogP contribution is -2.38. The molecule has 0 aliphatic rings. The molecule has 1 rings (SSSR count). The number of carbonyl (C=O) groups is 2. The Kier molecular flexibility index (Phi) is 5.72. The van der Waals surface area contributed by atoms with Gasteiger partial charge in [-0.1, -0.05) is 6.07 Å². The zero-order chi connectivity index (χ0) is 14.3. The number of halogens is 2. The molecule has 0 bridgehead atoms. The molecule has 1 aromatic rings. The van der Waals surface area contributed by atoms with E-state index >= 15 is 0 Å². The van der Waals surface area contributed by atoms with Crippen molar-refractivity contribution in [3.8, 4) is 0 Å². The first kappa shape index (κ1) is 14.9. The van der Waals surface area contributed by atoms with Gasteiger partial charge in [0.2, 0.25) is 0 Å². The van der Waals surface area contributed by atoms with E-state index in [0.717, 1.165) is 12.1 Å². The third-order valence-electron chi connectivity index (χ3n) is 2.15. The predicted molar refractivity (Wildman–Crippen MR) is 63.2 cm³/mol. The van der Waals surface area contributed by atoms with Crippen molar-refractivity contribution in [2.75, 3.05) is 13.2 Å². The summed E-state index contributed by atoms with van der Waals surface area (Å²) in [7, 11) is 0. The molecule has 0 aliphatic heterocycles. The number of ether oxygens (including phenoxy) is 1. The van der Waals surface area contributed by atoms with Crippen molar-refractivity contribution in [2.45, 2.75) is 13.5 Å². The Morgan fingerprint density at radius 3 is 2.63 bits per heavy atom. The molecule has 2 amide bonds. The molecule has 7 heteroatoms. The van der Waals surface area contributed by atoms with E-state index in [4.69, 9.17) is 0 Å². The number of nitrogens with one attached hydrogen (secondary N) is 2. The van der Waals surface area contributed by atoms with Crippen LogP contribution >= 0.6 is 0 Å². The third-order valence-corrected chi connectivity index (χ3v) is 2.15. The van der Waals surface area contributed by atoms with Gasteiger partial charge >= 0.3 is 12.0 Å². The van der Waals surface area contributed by atoms with E-state index in [-0.39, 0.29) is 25.3 Å². The molecule has 2 N–H and O–H groups in total. The summed E-state index contributed by atoms with van der Waals surface area (Å²) in [5.74, 6) is -2.00. The van der Waals surface area contributed by atoms with Crippen molar-refractivity contribution < 1.29 is 23.1 Å². The van der Waals surface area contributed by atoms with E-state index in [2.05, 4.69) is 15.4 Å². The molecule has 0 saturated heterocycles. The lowest BCUT2D eigenvalue weighted by Gasteiger charge is -2.08. The number of hydrogen-bond acceptors (Lipinski definition) is 3. The van der Waals surface area contributed by atoms with E-state index in [9.17, 15) is 18.4 Å². The van der Waals surface area contributed by atoms with Crippen LogP contribution in [0.3, 0.4) is 0 Å². The Morgan fingerprint density at radius 2 is 2.00 bits per heavy atom. The Balaban J connectivity index is 2.36. The van der Waals surface area contributed by atoms with Crippen LogP contribution in [0.1, 0.15) is 12.5 Å². The Hall–Kier alpha value is -2.18. The molecule has 5 nitrogen and oxygen atoms in total. The van der Waals surface area contributed by atoms with Crippen molar-refractivity contribution in [2.24, 2.45) is 0 Å². The van der Waals surface area contributed by atoms with Gasteiger partial charge in [-0.05, 0) is 13.0 Å². The summed E-state index contributed by atoms with van der Waals surface area (Å²) in [5.41, 5.74) is 0.146. The molecule has 0 unspecified atom stereocenters. The van der Waals surface area contributed by atoms with Crippen LogP contribution in [0.15, 0.2) is 18.2 Å². The molecule has 19 heavy (non-hydrogen) atoms. The van der Waals surface area contributed by atoms with Crippen LogP contribution in [0.5, 0.6) is 0 Å². The van der Waals surface area contributed by atoms with E-state index < -0.39 is 23.6 Å². The topological polar surface area (TPSA) is 67.4 Å². The Labute approximate surface area is 108 Å². The van der Waals surface area contributed by atoms with Crippen molar-refractivity contribution in [3.63, 3.8) is 0 Å². The van der Waals surface area contributed by atoms with Gasteiger partial charge in [-0.3, -0.25) is 4.79 Å². The summed E-state index contributed by atoms with van der Waals surface area (Å²) in [4.78, 5) is 22.2. The van der Waals surface area contributed by atoms with Crippen LogP contribution in [0, 0.1) is 11.6 Å². The lowest BCUT2D eigenvalue weighted by molar-refractivity contribution is -0.141. The second-order valence-corrected chi connectivity index (χ2v) is 3.58. The smallest absolute Gasteiger partial charge is 0.325 e. The monoisotopic (exact) mass is 272 g/mol. The van der Waals surface area contributed by atoms with E-state index in [1.54, 1.807) is 6.92 Å². The molecule has 0 aromatic heterocycles. The summed E-state index contributed by atoms with van der Waals surface area (Å²) < 4.78 is 30.5. The second kappa shape index (κ2) is 7.30.